The largest absolute Gasteiger partial charge is 0.497 e. The van der Waals surface area contributed by atoms with Crippen molar-refractivity contribution in [2.24, 2.45) is 0 Å². The molecule has 19 heavy (non-hydrogen) atoms. The van der Waals surface area contributed by atoms with Gasteiger partial charge in [-0.25, -0.2) is 4.98 Å². The van der Waals surface area contributed by atoms with Gasteiger partial charge >= 0.3 is 0 Å². The van der Waals surface area contributed by atoms with Gasteiger partial charge in [0.15, 0.2) is 0 Å². The second-order valence-corrected chi connectivity index (χ2v) is 4.66. The lowest BCUT2D eigenvalue weighted by atomic mass is 10.1. The van der Waals surface area contributed by atoms with Gasteiger partial charge in [-0.05, 0) is 43.4 Å². The molecule has 0 aliphatic carbocycles. The van der Waals surface area contributed by atoms with E-state index >= 15 is 0 Å². The molecular weight excluding hydrogens is 240 g/mol. The Morgan fingerprint density at radius 2 is 2.21 bits per heavy atom. The van der Waals surface area contributed by atoms with Crippen LogP contribution in [0.5, 0.6) is 5.75 Å². The van der Waals surface area contributed by atoms with E-state index in [1.807, 2.05) is 24.3 Å². The van der Waals surface area contributed by atoms with Crippen LogP contribution in [0.4, 0.5) is 5.82 Å². The summed E-state index contributed by atoms with van der Waals surface area (Å²) in [6.45, 7) is 2.61. The highest BCUT2D eigenvalue weighted by atomic mass is 16.5. The van der Waals surface area contributed by atoms with Crippen LogP contribution < -0.4 is 10.1 Å². The predicted molar refractivity (Wildman–Crippen MR) is 77.7 cm³/mol. The zero-order valence-corrected chi connectivity index (χ0v) is 11.4. The number of anilines is 1. The number of aliphatic hydroxyl groups excluding tert-OH is 1. The fraction of sp³-hybridized carbons (Fsp3) is 0.400. The van der Waals surface area contributed by atoms with E-state index in [1.165, 1.54) is 0 Å². The van der Waals surface area contributed by atoms with Crippen LogP contribution in [0.3, 0.4) is 0 Å². The summed E-state index contributed by atoms with van der Waals surface area (Å²) < 4.78 is 5.25. The Kier molecular flexibility index (Phi) is 4.58. The normalized spacial score (nSPS) is 12.4. The molecule has 102 valence electrons. The minimum atomic E-state index is -0.248. The number of pyridine rings is 1. The van der Waals surface area contributed by atoms with Crippen LogP contribution in [0.2, 0.25) is 0 Å². The zero-order chi connectivity index (χ0) is 13.7. The smallest absolute Gasteiger partial charge is 0.133 e. The molecule has 0 amide bonds. The minimum Gasteiger partial charge on any atom is -0.497 e. The highest BCUT2D eigenvalue weighted by molar-refractivity contribution is 5.92. The van der Waals surface area contributed by atoms with E-state index in [-0.39, 0.29) is 6.10 Å². The van der Waals surface area contributed by atoms with Crippen molar-refractivity contribution in [2.75, 3.05) is 19.0 Å². The Hall–Kier alpha value is -1.81. The summed E-state index contributed by atoms with van der Waals surface area (Å²) in [6, 6.07) is 7.94. The maximum Gasteiger partial charge on any atom is 0.133 e. The van der Waals surface area contributed by atoms with Crippen LogP contribution in [-0.4, -0.2) is 29.8 Å². The number of hydrogen-bond donors (Lipinski definition) is 2. The molecule has 0 saturated heterocycles. The summed E-state index contributed by atoms with van der Waals surface area (Å²) in [7, 11) is 1.66. The van der Waals surface area contributed by atoms with E-state index < -0.39 is 0 Å². The van der Waals surface area contributed by atoms with Crippen molar-refractivity contribution in [3.8, 4) is 5.75 Å². The van der Waals surface area contributed by atoms with Crippen molar-refractivity contribution in [1.29, 1.82) is 0 Å². The second kappa shape index (κ2) is 6.38. The number of rotatable bonds is 6. The van der Waals surface area contributed by atoms with Gasteiger partial charge in [0.1, 0.15) is 11.6 Å². The van der Waals surface area contributed by atoms with Crippen molar-refractivity contribution >= 4 is 16.6 Å². The number of nitrogens with zero attached hydrogens (tertiary/aromatic N) is 1. The highest BCUT2D eigenvalue weighted by Gasteiger charge is 2.04. The lowest BCUT2D eigenvalue weighted by Crippen LogP contribution is -2.07. The number of ether oxygens (including phenoxy) is 1. The van der Waals surface area contributed by atoms with Crippen molar-refractivity contribution in [3.63, 3.8) is 0 Å². The minimum absolute atomic E-state index is 0.248. The van der Waals surface area contributed by atoms with E-state index in [4.69, 9.17) is 4.74 Å². The first-order chi connectivity index (χ1) is 9.20. The van der Waals surface area contributed by atoms with Crippen molar-refractivity contribution in [2.45, 2.75) is 25.9 Å². The van der Waals surface area contributed by atoms with E-state index in [1.54, 1.807) is 20.2 Å². The second-order valence-electron chi connectivity index (χ2n) is 4.66. The fourth-order valence-electron chi connectivity index (χ4n) is 2.02. The summed E-state index contributed by atoms with van der Waals surface area (Å²) in [5.41, 5.74) is 0. The molecule has 2 N–H and O–H groups in total. The summed E-state index contributed by atoms with van der Waals surface area (Å²) >= 11 is 0. The maximum absolute atomic E-state index is 9.23. The van der Waals surface area contributed by atoms with Gasteiger partial charge in [-0.2, -0.15) is 0 Å². The van der Waals surface area contributed by atoms with E-state index in [2.05, 4.69) is 10.3 Å². The molecule has 0 radical (unpaired) electrons. The molecule has 0 aliphatic heterocycles. The Morgan fingerprint density at radius 3 is 2.95 bits per heavy atom. The van der Waals surface area contributed by atoms with Gasteiger partial charge in [-0.1, -0.05) is 6.07 Å². The highest BCUT2D eigenvalue weighted by Crippen LogP contribution is 2.25. The van der Waals surface area contributed by atoms with Crippen LogP contribution in [0.15, 0.2) is 30.5 Å². The molecule has 4 heteroatoms. The summed E-state index contributed by atoms with van der Waals surface area (Å²) in [5.74, 6) is 1.69. The maximum atomic E-state index is 9.23. The first kappa shape index (κ1) is 13.6. The number of benzene rings is 1. The number of methoxy groups -OCH3 is 1. The monoisotopic (exact) mass is 260 g/mol. The average Bonchev–Trinajstić information content (AvgIpc) is 2.43. The van der Waals surface area contributed by atoms with Crippen LogP contribution in [-0.2, 0) is 0 Å². The van der Waals surface area contributed by atoms with Crippen LogP contribution in [0, 0.1) is 0 Å². The van der Waals surface area contributed by atoms with Gasteiger partial charge in [-0.15, -0.1) is 0 Å². The number of nitrogens with one attached hydrogen (secondary N) is 1. The molecule has 0 bridgehead atoms. The average molecular weight is 260 g/mol. The molecule has 0 saturated carbocycles. The van der Waals surface area contributed by atoms with Crippen LogP contribution in [0.1, 0.15) is 19.8 Å². The number of aliphatic hydroxyl groups is 1. The molecule has 2 aromatic rings. The molecule has 1 aromatic heterocycles. The Balaban J connectivity index is 2.13. The van der Waals surface area contributed by atoms with Crippen molar-refractivity contribution in [3.05, 3.63) is 30.5 Å². The van der Waals surface area contributed by atoms with Gasteiger partial charge in [0.05, 0.1) is 13.2 Å². The molecule has 1 heterocycles. The van der Waals surface area contributed by atoms with E-state index in [0.717, 1.165) is 41.7 Å². The van der Waals surface area contributed by atoms with Crippen LogP contribution in [0.25, 0.3) is 10.8 Å². The Bertz CT molecular complexity index is 541. The lowest BCUT2D eigenvalue weighted by molar-refractivity contribution is 0.183. The lowest BCUT2D eigenvalue weighted by Gasteiger charge is -2.10. The Labute approximate surface area is 113 Å². The summed E-state index contributed by atoms with van der Waals surface area (Å²) in [6.07, 6.45) is 3.26. The third kappa shape index (κ3) is 3.58. The van der Waals surface area contributed by atoms with E-state index in [9.17, 15) is 5.11 Å². The molecular formula is C15H20N2O2. The standard InChI is InChI=1S/C15H20N2O2/c1-11(18)4-3-8-16-15-14-10-13(19-2)6-5-12(14)7-9-17-15/h5-7,9-11,18H,3-4,8H2,1-2H3,(H,16,17). The SMILES string of the molecule is COc1ccc2ccnc(NCCCC(C)O)c2c1. The quantitative estimate of drug-likeness (QED) is 0.784. The first-order valence-electron chi connectivity index (χ1n) is 6.55. The molecule has 1 unspecified atom stereocenters. The predicted octanol–water partition coefficient (Wildman–Crippen LogP) is 2.82. The third-order valence-electron chi connectivity index (χ3n) is 3.06. The van der Waals surface area contributed by atoms with Crippen molar-refractivity contribution < 1.29 is 9.84 Å². The third-order valence-corrected chi connectivity index (χ3v) is 3.06. The molecule has 2 rings (SSSR count). The first-order valence-corrected chi connectivity index (χ1v) is 6.55. The molecule has 0 spiro atoms. The Morgan fingerprint density at radius 1 is 1.37 bits per heavy atom. The van der Waals surface area contributed by atoms with Crippen LogP contribution >= 0.6 is 0 Å². The summed E-state index contributed by atoms with van der Waals surface area (Å²) in [4.78, 5) is 4.37. The van der Waals surface area contributed by atoms with E-state index in [0.29, 0.717) is 0 Å². The molecule has 0 fully saturated rings. The molecule has 1 atom stereocenters. The molecule has 4 nitrogen and oxygen atoms in total. The zero-order valence-electron chi connectivity index (χ0n) is 11.4. The van der Waals surface area contributed by atoms with Gasteiger partial charge in [0.2, 0.25) is 0 Å². The van der Waals surface area contributed by atoms with Gasteiger partial charge in [0, 0.05) is 18.1 Å². The van der Waals surface area contributed by atoms with Gasteiger partial charge < -0.3 is 15.2 Å². The number of fused-ring (bicyclic) bond motifs is 1. The van der Waals surface area contributed by atoms with Gasteiger partial charge in [0.25, 0.3) is 0 Å². The molecule has 1 aromatic carbocycles. The van der Waals surface area contributed by atoms with Crippen molar-refractivity contribution in [1.82, 2.24) is 4.98 Å². The summed E-state index contributed by atoms with van der Waals surface area (Å²) in [5, 5.41) is 14.7. The topological polar surface area (TPSA) is 54.4 Å². The number of hydrogen-bond acceptors (Lipinski definition) is 4. The number of aromatic nitrogens is 1. The molecule has 0 aliphatic rings. The van der Waals surface area contributed by atoms with Gasteiger partial charge in [-0.3, -0.25) is 0 Å². The fourth-order valence-corrected chi connectivity index (χ4v) is 2.02.